The largest absolute Gasteiger partial charge is 0.494 e. The third-order valence-corrected chi connectivity index (χ3v) is 4.59. The predicted molar refractivity (Wildman–Crippen MR) is 100 cm³/mol. The zero-order valence-corrected chi connectivity index (χ0v) is 15.1. The van der Waals surface area contributed by atoms with Gasteiger partial charge in [0, 0.05) is 10.4 Å². The maximum Gasteiger partial charge on any atom is 0.271 e. The summed E-state index contributed by atoms with van der Waals surface area (Å²) in [4.78, 5) is 13.1. The normalized spacial score (nSPS) is 10.9. The summed E-state index contributed by atoms with van der Waals surface area (Å²) in [5, 5.41) is 6.01. The monoisotopic (exact) mass is 344 g/mol. The molecule has 1 N–H and O–H groups in total. The molecule has 0 aliphatic heterocycles. The predicted octanol–water partition coefficient (Wildman–Crippen LogP) is 4.78. The van der Waals surface area contributed by atoms with Gasteiger partial charge in [0.05, 0.1) is 12.8 Å². The summed E-state index contributed by atoms with van der Waals surface area (Å²) in [6, 6.07) is 9.17. The molecule has 5 heteroatoms. The molecule has 1 amide bonds. The standard InChI is InChI=1S/C19H24N2O2S/c1-3-4-5-6-12-23-17-9-7-16(8-10-17)19(22)21-20-14-18-15(2)11-13-24-18/h7-11,13-14H,3-6,12H2,1-2H3,(H,21,22). The molecule has 0 fully saturated rings. The van der Waals surface area contributed by atoms with E-state index in [1.165, 1.54) is 19.3 Å². The molecule has 2 rings (SSSR count). The van der Waals surface area contributed by atoms with E-state index in [9.17, 15) is 4.79 Å². The Morgan fingerprint density at radius 1 is 1.21 bits per heavy atom. The number of unbranched alkanes of at least 4 members (excludes halogenated alkanes) is 3. The first kappa shape index (κ1) is 18.2. The van der Waals surface area contributed by atoms with Crippen molar-refractivity contribution in [3.8, 4) is 5.75 Å². The molecule has 0 bridgehead atoms. The molecular weight excluding hydrogens is 320 g/mol. The fraction of sp³-hybridized carbons (Fsp3) is 0.368. The van der Waals surface area contributed by atoms with Crippen LogP contribution in [-0.2, 0) is 0 Å². The minimum atomic E-state index is -0.227. The third kappa shape index (κ3) is 5.81. The van der Waals surface area contributed by atoms with Gasteiger partial charge in [-0.25, -0.2) is 5.43 Å². The van der Waals surface area contributed by atoms with Crippen molar-refractivity contribution in [2.24, 2.45) is 5.10 Å². The zero-order chi connectivity index (χ0) is 17.2. The smallest absolute Gasteiger partial charge is 0.271 e. The first-order valence-electron chi connectivity index (χ1n) is 8.31. The minimum Gasteiger partial charge on any atom is -0.494 e. The van der Waals surface area contributed by atoms with Gasteiger partial charge in [-0.2, -0.15) is 5.10 Å². The van der Waals surface area contributed by atoms with Crippen LogP contribution in [0.3, 0.4) is 0 Å². The van der Waals surface area contributed by atoms with Crippen LogP contribution in [0.5, 0.6) is 5.75 Å². The summed E-state index contributed by atoms with van der Waals surface area (Å²) in [7, 11) is 0. The maximum absolute atomic E-state index is 12.0. The average molecular weight is 344 g/mol. The Labute approximate surface area is 147 Å². The number of nitrogens with zero attached hydrogens (tertiary/aromatic N) is 1. The molecule has 0 aliphatic carbocycles. The number of carbonyl (C=O) groups excluding carboxylic acids is 1. The molecule has 24 heavy (non-hydrogen) atoms. The molecule has 0 unspecified atom stereocenters. The second-order valence-corrected chi connectivity index (χ2v) is 6.55. The molecule has 1 aromatic heterocycles. The van der Waals surface area contributed by atoms with Gasteiger partial charge < -0.3 is 4.74 Å². The molecule has 0 aliphatic rings. The van der Waals surface area contributed by atoms with Crippen LogP contribution >= 0.6 is 11.3 Å². The van der Waals surface area contributed by atoms with Gasteiger partial charge in [-0.3, -0.25) is 4.79 Å². The number of hydrogen-bond acceptors (Lipinski definition) is 4. The summed E-state index contributed by atoms with van der Waals surface area (Å²) in [5.41, 5.74) is 4.26. The fourth-order valence-corrected chi connectivity index (χ4v) is 2.94. The van der Waals surface area contributed by atoms with Crippen molar-refractivity contribution < 1.29 is 9.53 Å². The van der Waals surface area contributed by atoms with Gasteiger partial charge in [0.2, 0.25) is 0 Å². The Balaban J connectivity index is 1.78. The number of carbonyl (C=O) groups is 1. The highest BCUT2D eigenvalue weighted by Gasteiger charge is 2.04. The van der Waals surface area contributed by atoms with E-state index in [-0.39, 0.29) is 5.91 Å². The topological polar surface area (TPSA) is 50.7 Å². The SMILES string of the molecule is CCCCCCOc1ccc(C(=O)NN=Cc2sccc2C)cc1. The summed E-state index contributed by atoms with van der Waals surface area (Å²) < 4.78 is 5.67. The second kappa shape index (κ2) is 9.88. The summed E-state index contributed by atoms with van der Waals surface area (Å²) in [6.45, 7) is 4.92. The van der Waals surface area contributed by atoms with Gasteiger partial charge in [-0.05, 0) is 54.6 Å². The number of amides is 1. The van der Waals surface area contributed by atoms with Gasteiger partial charge in [-0.1, -0.05) is 26.2 Å². The molecule has 0 spiro atoms. The van der Waals surface area contributed by atoms with E-state index in [0.717, 1.165) is 29.2 Å². The van der Waals surface area contributed by atoms with Crippen molar-refractivity contribution in [3.05, 3.63) is 51.7 Å². The first-order valence-corrected chi connectivity index (χ1v) is 9.19. The Kier molecular flexibility index (Phi) is 7.49. The van der Waals surface area contributed by atoms with Crippen molar-refractivity contribution in [1.29, 1.82) is 0 Å². The highest BCUT2D eigenvalue weighted by atomic mass is 32.1. The number of rotatable bonds is 9. The van der Waals surface area contributed by atoms with Crippen LogP contribution in [0.2, 0.25) is 0 Å². The van der Waals surface area contributed by atoms with Crippen molar-refractivity contribution in [3.63, 3.8) is 0 Å². The molecule has 2 aromatic rings. The van der Waals surface area contributed by atoms with Crippen LogP contribution in [0.4, 0.5) is 0 Å². The van der Waals surface area contributed by atoms with E-state index < -0.39 is 0 Å². The molecule has 1 heterocycles. The van der Waals surface area contributed by atoms with Crippen LogP contribution in [0.1, 0.15) is 53.4 Å². The molecule has 0 atom stereocenters. The van der Waals surface area contributed by atoms with Crippen LogP contribution in [0.25, 0.3) is 0 Å². The van der Waals surface area contributed by atoms with Gasteiger partial charge in [-0.15, -0.1) is 11.3 Å². The van der Waals surface area contributed by atoms with Crippen LogP contribution in [0.15, 0.2) is 40.8 Å². The molecule has 128 valence electrons. The molecule has 0 radical (unpaired) electrons. The van der Waals surface area contributed by atoms with E-state index in [1.54, 1.807) is 29.7 Å². The molecule has 0 saturated carbocycles. The Morgan fingerprint density at radius 2 is 2.00 bits per heavy atom. The lowest BCUT2D eigenvalue weighted by Crippen LogP contribution is -2.17. The fourth-order valence-electron chi connectivity index (χ4n) is 2.15. The van der Waals surface area contributed by atoms with Gasteiger partial charge in [0.15, 0.2) is 0 Å². The molecule has 4 nitrogen and oxygen atoms in total. The molecule has 0 saturated heterocycles. The Bertz CT molecular complexity index is 662. The number of thiophene rings is 1. The molecular formula is C19H24N2O2S. The van der Waals surface area contributed by atoms with Crippen LogP contribution < -0.4 is 10.2 Å². The lowest BCUT2D eigenvalue weighted by molar-refractivity contribution is 0.0955. The van der Waals surface area contributed by atoms with E-state index in [1.807, 2.05) is 30.5 Å². The first-order chi connectivity index (χ1) is 11.7. The van der Waals surface area contributed by atoms with E-state index >= 15 is 0 Å². The maximum atomic E-state index is 12.0. The highest BCUT2D eigenvalue weighted by molar-refractivity contribution is 7.11. The van der Waals surface area contributed by atoms with E-state index in [2.05, 4.69) is 17.5 Å². The lowest BCUT2D eigenvalue weighted by Gasteiger charge is -2.06. The van der Waals surface area contributed by atoms with Crippen molar-refractivity contribution in [2.45, 2.75) is 39.5 Å². The highest BCUT2D eigenvalue weighted by Crippen LogP contribution is 2.14. The average Bonchev–Trinajstić information content (AvgIpc) is 3.00. The summed E-state index contributed by atoms with van der Waals surface area (Å²) in [5.74, 6) is 0.565. The van der Waals surface area contributed by atoms with Crippen molar-refractivity contribution in [1.82, 2.24) is 5.43 Å². The summed E-state index contributed by atoms with van der Waals surface area (Å²) in [6.07, 6.45) is 6.39. The molecule has 1 aromatic carbocycles. The second-order valence-electron chi connectivity index (χ2n) is 5.60. The number of hydrogen-bond donors (Lipinski definition) is 1. The summed E-state index contributed by atoms with van der Waals surface area (Å²) >= 11 is 1.59. The van der Waals surface area contributed by atoms with Crippen molar-refractivity contribution in [2.75, 3.05) is 6.61 Å². The number of aryl methyl sites for hydroxylation is 1. The number of benzene rings is 1. The number of hydrazone groups is 1. The van der Waals surface area contributed by atoms with Gasteiger partial charge >= 0.3 is 0 Å². The third-order valence-electron chi connectivity index (χ3n) is 3.63. The number of ether oxygens (including phenoxy) is 1. The van der Waals surface area contributed by atoms with Crippen molar-refractivity contribution >= 4 is 23.5 Å². The Hall–Kier alpha value is -2.14. The van der Waals surface area contributed by atoms with E-state index in [4.69, 9.17) is 4.74 Å². The van der Waals surface area contributed by atoms with Gasteiger partial charge in [0.1, 0.15) is 5.75 Å². The van der Waals surface area contributed by atoms with Crippen LogP contribution in [-0.4, -0.2) is 18.7 Å². The number of nitrogens with one attached hydrogen (secondary N) is 1. The minimum absolute atomic E-state index is 0.227. The van der Waals surface area contributed by atoms with Gasteiger partial charge in [0.25, 0.3) is 5.91 Å². The van der Waals surface area contributed by atoms with E-state index in [0.29, 0.717) is 5.56 Å². The Morgan fingerprint density at radius 3 is 2.67 bits per heavy atom. The van der Waals surface area contributed by atoms with Crippen LogP contribution in [0, 0.1) is 6.92 Å². The zero-order valence-electron chi connectivity index (χ0n) is 14.2. The lowest BCUT2D eigenvalue weighted by atomic mass is 10.2. The quantitative estimate of drug-likeness (QED) is 0.404.